The molecule has 1 aromatic carbocycles. The van der Waals surface area contributed by atoms with Crippen molar-refractivity contribution >= 4 is 29.0 Å². The van der Waals surface area contributed by atoms with Crippen molar-refractivity contribution in [1.82, 2.24) is 4.98 Å². The number of hydrogen-bond donors (Lipinski definition) is 2. The van der Waals surface area contributed by atoms with Crippen LogP contribution in [0.4, 0.5) is 11.5 Å². The maximum Gasteiger partial charge on any atom is 0.222 e. The Morgan fingerprint density at radius 3 is 2.92 bits per heavy atom. The lowest BCUT2D eigenvalue weighted by Gasteiger charge is -2.34. The highest BCUT2D eigenvalue weighted by Gasteiger charge is 2.25. The summed E-state index contributed by atoms with van der Waals surface area (Å²) < 4.78 is 0. The highest BCUT2D eigenvalue weighted by molar-refractivity contribution is 6.30. The van der Waals surface area contributed by atoms with Crippen LogP contribution in [-0.4, -0.2) is 24.0 Å². The monoisotopic (exact) mass is 344 g/mol. The number of pyridine rings is 1. The zero-order valence-corrected chi connectivity index (χ0v) is 14.2. The first kappa shape index (κ1) is 16.6. The van der Waals surface area contributed by atoms with Gasteiger partial charge in [0.25, 0.3) is 0 Å². The quantitative estimate of drug-likeness (QED) is 0.874. The van der Waals surface area contributed by atoms with Crippen LogP contribution in [0.2, 0.25) is 5.02 Å². The summed E-state index contributed by atoms with van der Waals surface area (Å²) in [6, 6.07) is 11.9. The number of hydrogen-bond acceptors (Lipinski definition) is 4. The molecule has 1 amide bonds. The number of carbonyl (C=O) groups is 1. The standard InChI is InChI=1S/C18H21ClN4O/c19-15-7-8-17(22-11-15)21-10-13-4-1-2-6-16(13)23-9-3-5-14(12-23)18(20)24/h1-2,4,6-8,11,14H,3,5,9-10,12H2,(H2,20,24)(H,21,22). The minimum Gasteiger partial charge on any atom is -0.370 e. The molecule has 0 saturated carbocycles. The van der Waals surface area contributed by atoms with E-state index in [1.165, 1.54) is 5.56 Å². The fourth-order valence-corrected chi connectivity index (χ4v) is 3.17. The summed E-state index contributed by atoms with van der Waals surface area (Å²) in [5, 5.41) is 3.93. The van der Waals surface area contributed by atoms with Crippen molar-refractivity contribution in [3.63, 3.8) is 0 Å². The molecule has 1 unspecified atom stereocenters. The molecular formula is C18H21ClN4O. The van der Waals surface area contributed by atoms with Crippen LogP contribution in [0.25, 0.3) is 0 Å². The molecular weight excluding hydrogens is 324 g/mol. The summed E-state index contributed by atoms with van der Waals surface area (Å²) in [6.07, 6.45) is 3.48. The van der Waals surface area contributed by atoms with Gasteiger partial charge in [-0.05, 0) is 36.6 Å². The molecule has 1 atom stereocenters. The summed E-state index contributed by atoms with van der Waals surface area (Å²) in [7, 11) is 0. The van der Waals surface area contributed by atoms with E-state index in [2.05, 4.69) is 27.3 Å². The van der Waals surface area contributed by atoms with Gasteiger partial charge in [0.05, 0.1) is 10.9 Å². The molecule has 0 spiro atoms. The summed E-state index contributed by atoms with van der Waals surface area (Å²) in [4.78, 5) is 18.0. The van der Waals surface area contributed by atoms with Gasteiger partial charge in [-0.25, -0.2) is 4.98 Å². The molecule has 5 nitrogen and oxygen atoms in total. The topological polar surface area (TPSA) is 71.2 Å². The van der Waals surface area contributed by atoms with Gasteiger partial charge in [-0.2, -0.15) is 0 Å². The number of rotatable bonds is 5. The summed E-state index contributed by atoms with van der Waals surface area (Å²) >= 11 is 5.86. The Labute approximate surface area is 146 Å². The Bertz CT molecular complexity index is 704. The number of nitrogens with one attached hydrogen (secondary N) is 1. The van der Waals surface area contributed by atoms with Crippen molar-refractivity contribution in [1.29, 1.82) is 0 Å². The van der Waals surface area contributed by atoms with E-state index in [4.69, 9.17) is 17.3 Å². The third kappa shape index (κ3) is 3.97. The third-order valence-electron chi connectivity index (χ3n) is 4.34. The van der Waals surface area contributed by atoms with E-state index < -0.39 is 0 Å². The molecule has 3 rings (SSSR count). The van der Waals surface area contributed by atoms with Crippen molar-refractivity contribution in [3.05, 3.63) is 53.2 Å². The molecule has 3 N–H and O–H groups in total. The SMILES string of the molecule is NC(=O)C1CCCN(c2ccccc2CNc2ccc(Cl)cn2)C1. The average Bonchev–Trinajstić information content (AvgIpc) is 2.61. The van der Waals surface area contributed by atoms with Gasteiger partial charge in [0.15, 0.2) is 0 Å². The second kappa shape index (κ2) is 7.53. The number of para-hydroxylation sites is 1. The number of nitrogens with zero attached hydrogens (tertiary/aromatic N) is 2. The minimum absolute atomic E-state index is 0.0716. The number of aromatic nitrogens is 1. The molecule has 0 aliphatic carbocycles. The molecule has 1 saturated heterocycles. The first-order valence-electron chi connectivity index (χ1n) is 8.11. The predicted octanol–water partition coefficient (Wildman–Crippen LogP) is 3.05. The second-order valence-electron chi connectivity index (χ2n) is 6.03. The van der Waals surface area contributed by atoms with Crippen LogP contribution in [0.1, 0.15) is 18.4 Å². The maximum atomic E-state index is 11.5. The van der Waals surface area contributed by atoms with Crippen LogP contribution in [-0.2, 0) is 11.3 Å². The molecule has 2 heterocycles. The molecule has 0 radical (unpaired) electrons. The molecule has 126 valence electrons. The first-order chi connectivity index (χ1) is 11.6. The fourth-order valence-electron chi connectivity index (χ4n) is 3.06. The van der Waals surface area contributed by atoms with Crippen LogP contribution in [0.3, 0.4) is 0 Å². The van der Waals surface area contributed by atoms with Gasteiger partial charge >= 0.3 is 0 Å². The molecule has 6 heteroatoms. The molecule has 2 aromatic rings. The second-order valence-corrected chi connectivity index (χ2v) is 6.47. The Balaban J connectivity index is 1.72. The molecule has 0 bridgehead atoms. The molecule has 1 aliphatic rings. The van der Waals surface area contributed by atoms with E-state index in [0.717, 1.165) is 30.9 Å². The molecule has 1 aromatic heterocycles. The van der Waals surface area contributed by atoms with Gasteiger partial charge in [-0.1, -0.05) is 29.8 Å². The predicted molar refractivity (Wildman–Crippen MR) is 97.1 cm³/mol. The van der Waals surface area contributed by atoms with Crippen molar-refractivity contribution in [2.75, 3.05) is 23.3 Å². The number of carbonyl (C=O) groups excluding carboxylic acids is 1. The lowest BCUT2D eigenvalue weighted by atomic mass is 9.96. The van der Waals surface area contributed by atoms with E-state index in [9.17, 15) is 4.79 Å². The zero-order valence-electron chi connectivity index (χ0n) is 13.4. The Hall–Kier alpha value is -2.27. The number of amides is 1. The van der Waals surface area contributed by atoms with E-state index in [1.54, 1.807) is 6.20 Å². The van der Waals surface area contributed by atoms with Gasteiger partial charge in [-0.15, -0.1) is 0 Å². The summed E-state index contributed by atoms with van der Waals surface area (Å²) in [6.45, 7) is 2.29. The zero-order chi connectivity index (χ0) is 16.9. The largest absolute Gasteiger partial charge is 0.370 e. The Morgan fingerprint density at radius 2 is 2.17 bits per heavy atom. The molecule has 1 fully saturated rings. The Morgan fingerprint density at radius 1 is 1.33 bits per heavy atom. The van der Waals surface area contributed by atoms with Gasteiger partial charge in [0, 0.05) is 31.5 Å². The molecule has 1 aliphatic heterocycles. The number of piperidine rings is 1. The highest BCUT2D eigenvalue weighted by Crippen LogP contribution is 2.27. The van der Waals surface area contributed by atoms with Gasteiger partial charge < -0.3 is 16.0 Å². The summed E-state index contributed by atoms with van der Waals surface area (Å²) in [5.74, 6) is 0.501. The van der Waals surface area contributed by atoms with Crippen LogP contribution in [0.15, 0.2) is 42.6 Å². The van der Waals surface area contributed by atoms with E-state index in [1.807, 2.05) is 24.3 Å². The number of halogens is 1. The van der Waals surface area contributed by atoms with E-state index >= 15 is 0 Å². The first-order valence-corrected chi connectivity index (χ1v) is 8.49. The normalized spacial score (nSPS) is 17.5. The average molecular weight is 345 g/mol. The maximum absolute atomic E-state index is 11.5. The molecule has 24 heavy (non-hydrogen) atoms. The van der Waals surface area contributed by atoms with Crippen molar-refractivity contribution in [2.24, 2.45) is 11.7 Å². The fraction of sp³-hybridized carbons (Fsp3) is 0.333. The van der Waals surface area contributed by atoms with Crippen LogP contribution in [0.5, 0.6) is 0 Å². The summed E-state index contributed by atoms with van der Waals surface area (Å²) in [5.41, 5.74) is 7.80. The number of benzene rings is 1. The van der Waals surface area contributed by atoms with Gasteiger partial charge in [0.1, 0.15) is 5.82 Å². The van der Waals surface area contributed by atoms with Crippen molar-refractivity contribution in [2.45, 2.75) is 19.4 Å². The van der Waals surface area contributed by atoms with Crippen molar-refractivity contribution in [3.8, 4) is 0 Å². The van der Waals surface area contributed by atoms with Gasteiger partial charge in [0.2, 0.25) is 5.91 Å². The van der Waals surface area contributed by atoms with Crippen LogP contribution in [0, 0.1) is 5.92 Å². The highest BCUT2D eigenvalue weighted by atomic mass is 35.5. The van der Waals surface area contributed by atoms with Crippen LogP contribution < -0.4 is 16.0 Å². The van der Waals surface area contributed by atoms with E-state index in [0.29, 0.717) is 18.1 Å². The number of primary amides is 1. The Kier molecular flexibility index (Phi) is 5.20. The lowest BCUT2D eigenvalue weighted by Crippen LogP contribution is -2.41. The number of anilines is 2. The van der Waals surface area contributed by atoms with Gasteiger partial charge in [-0.3, -0.25) is 4.79 Å². The lowest BCUT2D eigenvalue weighted by molar-refractivity contribution is -0.122. The van der Waals surface area contributed by atoms with Crippen LogP contribution >= 0.6 is 11.6 Å². The third-order valence-corrected chi connectivity index (χ3v) is 4.57. The van der Waals surface area contributed by atoms with E-state index in [-0.39, 0.29) is 11.8 Å². The minimum atomic E-state index is -0.208. The smallest absolute Gasteiger partial charge is 0.222 e. The number of nitrogens with two attached hydrogens (primary N) is 1. The van der Waals surface area contributed by atoms with Crippen molar-refractivity contribution < 1.29 is 4.79 Å².